The van der Waals surface area contributed by atoms with Crippen LogP contribution in [-0.2, 0) is 17.6 Å². The number of aryl methyl sites for hydroxylation is 1. The Labute approximate surface area is 144 Å². The van der Waals surface area contributed by atoms with Crippen LogP contribution < -0.4 is 5.32 Å². The average Bonchev–Trinajstić information content (AvgIpc) is 3.10. The molecular weight excluding hydrogens is 330 g/mol. The van der Waals surface area contributed by atoms with E-state index in [4.69, 9.17) is 4.42 Å². The molecule has 2 heterocycles. The Balaban J connectivity index is 1.64. The van der Waals surface area contributed by atoms with Gasteiger partial charge in [0.15, 0.2) is 0 Å². The first kappa shape index (κ1) is 16.5. The van der Waals surface area contributed by atoms with Crippen LogP contribution in [0.15, 0.2) is 15.7 Å². The fraction of sp³-hybridized carbons (Fsp3) is 0.562. The van der Waals surface area contributed by atoms with Crippen LogP contribution in [0.3, 0.4) is 0 Å². The maximum atomic E-state index is 11.6. The molecule has 1 aliphatic rings. The van der Waals surface area contributed by atoms with Gasteiger partial charge >= 0.3 is 0 Å². The highest BCUT2D eigenvalue weighted by atomic mass is 32.2. The van der Waals surface area contributed by atoms with Crippen molar-refractivity contribution in [1.29, 1.82) is 0 Å². The molecule has 1 N–H and O–H groups in total. The Bertz CT molecular complexity index is 693. The zero-order valence-electron chi connectivity index (χ0n) is 13.6. The van der Waals surface area contributed by atoms with Gasteiger partial charge in [-0.25, -0.2) is 0 Å². The predicted molar refractivity (Wildman–Crippen MR) is 92.8 cm³/mol. The number of hydrogen-bond acceptors (Lipinski definition) is 6. The summed E-state index contributed by atoms with van der Waals surface area (Å²) in [6.45, 7) is 6.17. The highest BCUT2D eigenvalue weighted by Gasteiger charge is 2.21. The molecule has 124 valence electrons. The minimum absolute atomic E-state index is 0.0228. The quantitative estimate of drug-likeness (QED) is 0.835. The summed E-state index contributed by atoms with van der Waals surface area (Å²) < 4.78 is 5.70. The molecule has 0 aromatic carbocycles. The normalized spacial score (nSPS) is 17.3. The predicted octanol–water partition coefficient (Wildman–Crippen LogP) is 3.54. The number of hydrogen-bond donors (Lipinski definition) is 1. The van der Waals surface area contributed by atoms with Crippen molar-refractivity contribution >= 4 is 29.0 Å². The van der Waals surface area contributed by atoms with E-state index in [1.807, 2.05) is 13.8 Å². The largest absolute Gasteiger partial charge is 0.410 e. The summed E-state index contributed by atoms with van der Waals surface area (Å²) in [6, 6.07) is 2.32. The summed E-state index contributed by atoms with van der Waals surface area (Å²) in [5, 5.41) is 11.5. The fourth-order valence-corrected chi connectivity index (χ4v) is 4.37. The molecule has 0 saturated carbocycles. The standard InChI is InChI=1S/C16H21N3O2S2/c1-9(2)17-14(20)8-22-16-19-18-15(21-16)13-7-11-6-10(3)4-5-12(11)23-13/h7,9-10H,4-6,8H2,1-3H3,(H,17,20)/t10-/m1/s1. The molecule has 1 aliphatic carbocycles. The number of nitrogens with one attached hydrogen (secondary N) is 1. The van der Waals surface area contributed by atoms with Crippen molar-refractivity contribution in [2.24, 2.45) is 5.92 Å². The lowest BCUT2D eigenvalue weighted by atomic mass is 9.90. The SMILES string of the molecule is CC(C)NC(=O)CSc1nnc(-c2cc3c(s2)CC[C@@H](C)C3)o1. The van der Waals surface area contributed by atoms with E-state index in [1.165, 1.54) is 28.6 Å². The van der Waals surface area contributed by atoms with Crippen molar-refractivity contribution in [3.63, 3.8) is 0 Å². The van der Waals surface area contributed by atoms with E-state index in [-0.39, 0.29) is 17.7 Å². The Morgan fingerprint density at radius 3 is 3.13 bits per heavy atom. The van der Waals surface area contributed by atoms with Crippen molar-refractivity contribution in [2.75, 3.05) is 5.75 Å². The minimum Gasteiger partial charge on any atom is -0.410 e. The van der Waals surface area contributed by atoms with Crippen LogP contribution in [0.5, 0.6) is 0 Å². The lowest BCUT2D eigenvalue weighted by Gasteiger charge is -2.16. The van der Waals surface area contributed by atoms with Gasteiger partial charge in [-0.3, -0.25) is 4.79 Å². The molecule has 0 spiro atoms. The number of aromatic nitrogens is 2. The molecule has 7 heteroatoms. The van der Waals surface area contributed by atoms with Crippen LogP contribution >= 0.6 is 23.1 Å². The monoisotopic (exact) mass is 351 g/mol. The van der Waals surface area contributed by atoms with E-state index in [2.05, 4.69) is 28.5 Å². The zero-order chi connectivity index (χ0) is 16.4. The summed E-state index contributed by atoms with van der Waals surface area (Å²) in [6.07, 6.45) is 3.53. The van der Waals surface area contributed by atoms with E-state index in [9.17, 15) is 4.79 Å². The number of amides is 1. The molecule has 3 rings (SSSR count). The summed E-state index contributed by atoms with van der Waals surface area (Å²) in [7, 11) is 0. The number of carbonyl (C=O) groups is 1. The number of thiophene rings is 1. The van der Waals surface area contributed by atoms with E-state index in [0.717, 1.165) is 23.6 Å². The lowest BCUT2D eigenvalue weighted by molar-refractivity contribution is -0.119. The molecule has 1 amide bonds. The minimum atomic E-state index is -0.0228. The maximum Gasteiger partial charge on any atom is 0.277 e. The number of thioether (sulfide) groups is 1. The number of fused-ring (bicyclic) bond motifs is 1. The highest BCUT2D eigenvalue weighted by molar-refractivity contribution is 7.99. The molecule has 0 aliphatic heterocycles. The molecule has 2 aromatic heterocycles. The van der Waals surface area contributed by atoms with Crippen LogP contribution in [-0.4, -0.2) is 27.9 Å². The molecule has 0 unspecified atom stereocenters. The summed E-state index contributed by atoms with van der Waals surface area (Å²) >= 11 is 3.03. The third-order valence-corrected chi connectivity index (χ3v) is 5.77. The lowest BCUT2D eigenvalue weighted by Crippen LogP contribution is -2.31. The van der Waals surface area contributed by atoms with Crippen LogP contribution in [0.1, 0.15) is 37.6 Å². The maximum absolute atomic E-state index is 11.6. The Hall–Kier alpha value is -1.34. The van der Waals surface area contributed by atoms with Gasteiger partial charge in [0, 0.05) is 10.9 Å². The fourth-order valence-electron chi connectivity index (χ4n) is 2.67. The molecule has 23 heavy (non-hydrogen) atoms. The number of nitrogens with zero attached hydrogens (tertiary/aromatic N) is 2. The first-order valence-electron chi connectivity index (χ1n) is 7.89. The van der Waals surface area contributed by atoms with Crippen molar-refractivity contribution in [2.45, 2.75) is 51.3 Å². The third-order valence-electron chi connectivity index (χ3n) is 3.72. The molecule has 0 radical (unpaired) electrons. The summed E-state index contributed by atoms with van der Waals surface area (Å²) in [4.78, 5) is 14.1. The van der Waals surface area contributed by atoms with Crippen molar-refractivity contribution in [3.8, 4) is 10.8 Å². The van der Waals surface area contributed by atoms with Crippen LogP contribution in [0, 0.1) is 5.92 Å². The summed E-state index contributed by atoms with van der Waals surface area (Å²) in [5.41, 5.74) is 1.42. The number of rotatable bonds is 5. The first-order valence-corrected chi connectivity index (χ1v) is 9.69. The molecule has 0 fully saturated rings. The van der Waals surface area contributed by atoms with Crippen LogP contribution in [0.25, 0.3) is 10.8 Å². The van der Waals surface area contributed by atoms with Gasteiger partial charge in [-0.1, -0.05) is 18.7 Å². The van der Waals surface area contributed by atoms with Crippen LogP contribution in [0.2, 0.25) is 0 Å². The van der Waals surface area contributed by atoms with E-state index in [1.54, 1.807) is 11.3 Å². The first-order chi connectivity index (χ1) is 11.0. The topological polar surface area (TPSA) is 68.0 Å². The van der Waals surface area contributed by atoms with Gasteiger partial charge in [0.2, 0.25) is 5.91 Å². The third kappa shape index (κ3) is 4.14. The van der Waals surface area contributed by atoms with E-state index < -0.39 is 0 Å². The van der Waals surface area contributed by atoms with Gasteiger partial charge in [-0.15, -0.1) is 21.5 Å². The zero-order valence-corrected chi connectivity index (χ0v) is 15.2. The molecule has 0 bridgehead atoms. The smallest absolute Gasteiger partial charge is 0.277 e. The Kier molecular flexibility index (Phi) is 5.06. The van der Waals surface area contributed by atoms with E-state index >= 15 is 0 Å². The molecule has 5 nitrogen and oxygen atoms in total. The molecule has 0 saturated heterocycles. The second kappa shape index (κ2) is 7.05. The van der Waals surface area contributed by atoms with Crippen molar-refractivity contribution < 1.29 is 9.21 Å². The molecular formula is C16H21N3O2S2. The second-order valence-corrected chi connectivity index (χ2v) is 8.35. The van der Waals surface area contributed by atoms with Gasteiger partial charge in [0.25, 0.3) is 11.1 Å². The van der Waals surface area contributed by atoms with E-state index in [0.29, 0.717) is 11.1 Å². The van der Waals surface area contributed by atoms with Gasteiger partial charge < -0.3 is 9.73 Å². The second-order valence-electron chi connectivity index (χ2n) is 6.29. The average molecular weight is 351 g/mol. The summed E-state index contributed by atoms with van der Waals surface area (Å²) in [5.74, 6) is 1.57. The number of carbonyl (C=O) groups excluding carboxylic acids is 1. The van der Waals surface area contributed by atoms with Crippen molar-refractivity contribution in [1.82, 2.24) is 15.5 Å². The van der Waals surface area contributed by atoms with Gasteiger partial charge in [-0.05, 0) is 50.7 Å². The van der Waals surface area contributed by atoms with Gasteiger partial charge in [-0.2, -0.15) is 0 Å². The molecule has 1 atom stereocenters. The van der Waals surface area contributed by atoms with Crippen molar-refractivity contribution in [3.05, 3.63) is 16.5 Å². The van der Waals surface area contributed by atoms with Gasteiger partial charge in [0.05, 0.1) is 10.6 Å². The Morgan fingerprint density at radius 1 is 1.52 bits per heavy atom. The Morgan fingerprint density at radius 2 is 2.35 bits per heavy atom. The van der Waals surface area contributed by atoms with Crippen LogP contribution in [0.4, 0.5) is 0 Å². The molecule has 2 aromatic rings. The van der Waals surface area contributed by atoms with Gasteiger partial charge in [0.1, 0.15) is 0 Å². The highest BCUT2D eigenvalue weighted by Crippen LogP contribution is 2.37.